The van der Waals surface area contributed by atoms with Gasteiger partial charge in [0.15, 0.2) is 6.61 Å². The average Bonchev–Trinajstić information content (AvgIpc) is 3.00. The van der Waals surface area contributed by atoms with E-state index in [9.17, 15) is 14.4 Å². The highest BCUT2D eigenvalue weighted by Gasteiger charge is 2.25. The van der Waals surface area contributed by atoms with Gasteiger partial charge in [0.05, 0.1) is 0 Å². The number of benzene rings is 1. The fraction of sp³-hybridized carbons (Fsp3) is 0.333. The molecule has 0 unspecified atom stereocenters. The second kappa shape index (κ2) is 7.07. The summed E-state index contributed by atoms with van der Waals surface area (Å²) in [5.41, 5.74) is 4.23. The van der Waals surface area contributed by atoms with Crippen LogP contribution in [0.15, 0.2) is 21.6 Å². The van der Waals surface area contributed by atoms with E-state index in [-0.39, 0.29) is 28.2 Å². The Morgan fingerprint density at radius 3 is 2.46 bits per heavy atom. The number of Topliss-reactive ketones (excluding diaryl/α,β-unsaturated/α-hetero) is 1. The smallest absolute Gasteiger partial charge is 0.343 e. The first kappa shape index (κ1) is 19.5. The normalized spacial score (nSPS) is 11.1. The highest BCUT2D eigenvalue weighted by Crippen LogP contribution is 2.23. The maximum atomic E-state index is 12.6. The summed E-state index contributed by atoms with van der Waals surface area (Å²) in [7, 11) is 1.53. The third-order valence-corrected chi connectivity index (χ3v) is 5.27. The Balaban J connectivity index is 1.89. The second-order valence-corrected chi connectivity index (χ2v) is 6.99. The van der Waals surface area contributed by atoms with Crippen molar-refractivity contribution in [3.63, 3.8) is 0 Å². The van der Waals surface area contributed by atoms with E-state index in [4.69, 9.17) is 9.15 Å². The molecular formula is C21H22N2O5. The predicted octanol–water partition coefficient (Wildman–Crippen LogP) is 3.11. The molecule has 3 rings (SSSR count). The van der Waals surface area contributed by atoms with Crippen LogP contribution in [-0.2, 0) is 11.8 Å². The summed E-state index contributed by atoms with van der Waals surface area (Å²) < 4.78 is 11.9. The molecule has 146 valence electrons. The Morgan fingerprint density at radius 2 is 1.79 bits per heavy atom. The summed E-state index contributed by atoms with van der Waals surface area (Å²) in [6, 6.07) is 1.81. The Kier molecular flexibility index (Phi) is 4.93. The van der Waals surface area contributed by atoms with Gasteiger partial charge in [0, 0.05) is 12.6 Å². The number of aromatic nitrogens is 2. The van der Waals surface area contributed by atoms with Gasteiger partial charge >= 0.3 is 5.97 Å². The minimum atomic E-state index is -0.784. The van der Waals surface area contributed by atoms with Gasteiger partial charge in [-0.25, -0.2) is 9.78 Å². The van der Waals surface area contributed by atoms with Crippen LogP contribution in [-0.4, -0.2) is 27.9 Å². The van der Waals surface area contributed by atoms with E-state index in [1.54, 1.807) is 6.92 Å². The number of rotatable bonds is 4. The van der Waals surface area contributed by atoms with Crippen molar-refractivity contribution >= 4 is 22.9 Å². The van der Waals surface area contributed by atoms with Gasteiger partial charge in [0.2, 0.25) is 11.5 Å². The fourth-order valence-corrected chi connectivity index (χ4v) is 3.22. The molecule has 0 amide bonds. The zero-order valence-corrected chi connectivity index (χ0v) is 16.8. The minimum absolute atomic E-state index is 0.00416. The van der Waals surface area contributed by atoms with E-state index in [1.165, 1.54) is 17.9 Å². The van der Waals surface area contributed by atoms with Crippen molar-refractivity contribution in [2.24, 2.45) is 7.05 Å². The van der Waals surface area contributed by atoms with Crippen LogP contribution < -0.4 is 5.56 Å². The first-order valence-electron chi connectivity index (χ1n) is 8.86. The molecule has 0 aliphatic heterocycles. The number of hydrogen-bond donors (Lipinski definition) is 0. The largest absolute Gasteiger partial charge is 0.454 e. The quantitative estimate of drug-likeness (QED) is 0.509. The average molecular weight is 382 g/mol. The molecule has 28 heavy (non-hydrogen) atoms. The van der Waals surface area contributed by atoms with E-state index in [2.05, 4.69) is 4.98 Å². The third-order valence-electron chi connectivity index (χ3n) is 5.27. The maximum Gasteiger partial charge on any atom is 0.343 e. The van der Waals surface area contributed by atoms with Crippen LogP contribution in [0.3, 0.4) is 0 Å². The van der Waals surface area contributed by atoms with Crippen LogP contribution in [0.1, 0.15) is 48.7 Å². The minimum Gasteiger partial charge on any atom is -0.454 e. The number of carbonyl (C=O) groups excluding carboxylic acids is 2. The number of fused-ring (bicyclic) bond motifs is 1. The Hall–Kier alpha value is -3.22. The van der Waals surface area contributed by atoms with E-state index < -0.39 is 18.1 Å². The summed E-state index contributed by atoms with van der Waals surface area (Å²) in [4.78, 5) is 41.6. The number of ketones is 1. The number of furan rings is 1. The lowest BCUT2D eigenvalue weighted by Gasteiger charge is -2.13. The van der Waals surface area contributed by atoms with Gasteiger partial charge in [-0.1, -0.05) is 0 Å². The number of carbonyl (C=O) groups is 2. The lowest BCUT2D eigenvalue weighted by molar-refractivity contribution is 0.0474. The van der Waals surface area contributed by atoms with Crippen LogP contribution in [0, 0.1) is 34.6 Å². The topological polar surface area (TPSA) is 91.4 Å². The SMILES string of the molecule is Cc1cc(C(=O)COC(=O)c2c(C)oc3ncn(C)c(=O)c23)c(C)c(C)c1C. The van der Waals surface area contributed by atoms with Gasteiger partial charge in [-0.2, -0.15) is 0 Å². The molecule has 7 nitrogen and oxygen atoms in total. The van der Waals surface area contributed by atoms with Gasteiger partial charge < -0.3 is 13.7 Å². The van der Waals surface area contributed by atoms with Crippen molar-refractivity contribution in [3.05, 3.63) is 61.9 Å². The molecule has 0 spiro atoms. The second-order valence-electron chi connectivity index (χ2n) is 6.99. The summed E-state index contributed by atoms with van der Waals surface area (Å²) in [6.07, 6.45) is 1.32. The Morgan fingerprint density at radius 1 is 1.11 bits per heavy atom. The van der Waals surface area contributed by atoms with Crippen LogP contribution in [0.4, 0.5) is 0 Å². The summed E-state index contributed by atoms with van der Waals surface area (Å²) in [5, 5.41) is 0.0538. The van der Waals surface area contributed by atoms with Crippen molar-refractivity contribution in [2.75, 3.05) is 6.61 Å². The van der Waals surface area contributed by atoms with Gasteiger partial charge in [0.1, 0.15) is 23.0 Å². The molecule has 0 fully saturated rings. The lowest BCUT2D eigenvalue weighted by atomic mass is 9.93. The molecule has 1 aromatic carbocycles. The fourth-order valence-electron chi connectivity index (χ4n) is 3.22. The molecule has 3 aromatic rings. The van der Waals surface area contributed by atoms with E-state index in [0.717, 1.165) is 22.3 Å². The van der Waals surface area contributed by atoms with Crippen molar-refractivity contribution in [2.45, 2.75) is 34.6 Å². The molecule has 2 heterocycles. The van der Waals surface area contributed by atoms with Crippen molar-refractivity contribution < 1.29 is 18.7 Å². The maximum absolute atomic E-state index is 12.6. The summed E-state index contributed by atoms with van der Waals surface area (Å²) in [5.74, 6) is -0.858. The number of hydrogen-bond acceptors (Lipinski definition) is 6. The number of nitrogens with zero attached hydrogens (tertiary/aromatic N) is 2. The van der Waals surface area contributed by atoms with Crippen LogP contribution in [0.25, 0.3) is 11.1 Å². The van der Waals surface area contributed by atoms with E-state index in [0.29, 0.717) is 5.56 Å². The van der Waals surface area contributed by atoms with Gasteiger partial charge in [-0.3, -0.25) is 9.59 Å². The first-order chi connectivity index (χ1) is 13.1. The molecule has 7 heteroatoms. The van der Waals surface area contributed by atoms with Crippen molar-refractivity contribution in [1.29, 1.82) is 0 Å². The molecule has 0 atom stereocenters. The Bertz CT molecular complexity index is 1180. The van der Waals surface area contributed by atoms with E-state index in [1.807, 2.05) is 33.8 Å². The molecule has 2 aromatic heterocycles. The van der Waals surface area contributed by atoms with Crippen LogP contribution in [0.5, 0.6) is 0 Å². The molecule has 0 bridgehead atoms. The number of esters is 1. The van der Waals surface area contributed by atoms with Crippen LogP contribution in [0.2, 0.25) is 0 Å². The molecule has 0 aliphatic carbocycles. The number of aryl methyl sites for hydroxylation is 3. The monoisotopic (exact) mass is 382 g/mol. The van der Waals surface area contributed by atoms with Gasteiger partial charge in [-0.15, -0.1) is 0 Å². The highest BCUT2D eigenvalue weighted by molar-refractivity contribution is 6.05. The van der Waals surface area contributed by atoms with Gasteiger partial charge in [-0.05, 0) is 62.9 Å². The van der Waals surface area contributed by atoms with Crippen molar-refractivity contribution in [3.8, 4) is 0 Å². The Labute approximate surface area is 161 Å². The summed E-state index contributed by atoms with van der Waals surface area (Å²) in [6.45, 7) is 8.91. The van der Waals surface area contributed by atoms with Crippen molar-refractivity contribution in [1.82, 2.24) is 9.55 Å². The molecule has 0 saturated carbocycles. The zero-order chi connectivity index (χ0) is 20.7. The number of ether oxygens (including phenoxy) is 1. The lowest BCUT2D eigenvalue weighted by Crippen LogP contribution is -2.20. The molecule has 0 aliphatic rings. The molecule has 0 radical (unpaired) electrons. The zero-order valence-electron chi connectivity index (χ0n) is 16.8. The molecular weight excluding hydrogens is 360 g/mol. The molecule has 0 saturated heterocycles. The third kappa shape index (κ3) is 3.13. The first-order valence-corrected chi connectivity index (χ1v) is 8.86. The van der Waals surface area contributed by atoms with Gasteiger partial charge in [0.25, 0.3) is 5.56 Å². The van der Waals surface area contributed by atoms with Crippen LogP contribution >= 0.6 is 0 Å². The predicted molar refractivity (Wildman–Crippen MR) is 104 cm³/mol. The standard InChI is InChI=1S/C21H22N2O5/c1-10-7-15(13(4)12(3)11(10)2)16(24)8-27-21(26)17-14(5)28-19-18(17)20(25)23(6)9-22-19/h7,9H,8H2,1-6H3. The molecule has 0 N–H and O–H groups in total. The van der Waals surface area contributed by atoms with E-state index >= 15 is 0 Å². The summed E-state index contributed by atoms with van der Waals surface area (Å²) >= 11 is 0. The highest BCUT2D eigenvalue weighted by atomic mass is 16.5.